The van der Waals surface area contributed by atoms with Crippen LogP contribution in [-0.2, 0) is 6.54 Å². The fourth-order valence-corrected chi connectivity index (χ4v) is 3.26. The van der Waals surface area contributed by atoms with Crippen molar-refractivity contribution in [1.29, 1.82) is 0 Å². The van der Waals surface area contributed by atoms with Gasteiger partial charge in [0, 0.05) is 45.5 Å². The lowest BCUT2D eigenvalue weighted by atomic mass is 9.98. The van der Waals surface area contributed by atoms with Gasteiger partial charge in [-0.1, -0.05) is 6.07 Å². The first-order valence-corrected chi connectivity index (χ1v) is 8.60. The molecule has 1 aromatic rings. The van der Waals surface area contributed by atoms with E-state index in [1.165, 1.54) is 12.8 Å². The van der Waals surface area contributed by atoms with Crippen LogP contribution in [0.25, 0.3) is 0 Å². The molecule has 6 nitrogen and oxygen atoms in total. The molecule has 0 aliphatic carbocycles. The van der Waals surface area contributed by atoms with Crippen LogP contribution in [0.3, 0.4) is 0 Å². The summed E-state index contributed by atoms with van der Waals surface area (Å²) in [7, 11) is 0. The molecule has 6 heteroatoms. The topological polar surface area (TPSA) is 68.7 Å². The van der Waals surface area contributed by atoms with Gasteiger partial charge >= 0.3 is 6.03 Å². The Morgan fingerprint density at radius 3 is 2.57 bits per heavy atom. The number of anilines is 1. The van der Waals surface area contributed by atoms with Gasteiger partial charge in [0.25, 0.3) is 0 Å². The number of piperidine rings is 1. The summed E-state index contributed by atoms with van der Waals surface area (Å²) in [6, 6.07) is 4.06. The van der Waals surface area contributed by atoms with Gasteiger partial charge in [-0.05, 0) is 43.2 Å². The normalized spacial score (nSPS) is 19.2. The SMILES string of the molecule is O=C(NCc1ccc(N2CCCC2)nc1)N1CCC(CO)CC1. The molecule has 2 saturated heterocycles. The van der Waals surface area contributed by atoms with Crippen molar-refractivity contribution in [3.05, 3.63) is 23.9 Å². The Balaban J connectivity index is 1.45. The summed E-state index contributed by atoms with van der Waals surface area (Å²) in [5.74, 6) is 1.38. The number of carbonyl (C=O) groups is 1. The lowest BCUT2D eigenvalue weighted by Gasteiger charge is -2.31. The van der Waals surface area contributed by atoms with E-state index in [4.69, 9.17) is 5.11 Å². The monoisotopic (exact) mass is 318 g/mol. The molecule has 3 rings (SSSR count). The Morgan fingerprint density at radius 2 is 1.96 bits per heavy atom. The zero-order valence-electron chi connectivity index (χ0n) is 13.6. The van der Waals surface area contributed by atoms with Gasteiger partial charge in [-0.15, -0.1) is 0 Å². The van der Waals surface area contributed by atoms with Crippen molar-refractivity contribution in [2.45, 2.75) is 32.2 Å². The molecule has 2 aliphatic heterocycles. The van der Waals surface area contributed by atoms with E-state index in [0.717, 1.165) is 50.4 Å². The zero-order valence-corrected chi connectivity index (χ0v) is 13.6. The van der Waals surface area contributed by atoms with Crippen LogP contribution in [0.4, 0.5) is 10.6 Å². The number of urea groups is 1. The number of aromatic nitrogens is 1. The highest BCUT2D eigenvalue weighted by Crippen LogP contribution is 2.18. The molecule has 0 spiro atoms. The van der Waals surface area contributed by atoms with Gasteiger partial charge in [-0.3, -0.25) is 0 Å². The van der Waals surface area contributed by atoms with Crippen LogP contribution in [0.5, 0.6) is 0 Å². The quantitative estimate of drug-likeness (QED) is 0.885. The Hall–Kier alpha value is -1.82. The molecule has 23 heavy (non-hydrogen) atoms. The van der Waals surface area contributed by atoms with E-state index in [1.54, 1.807) is 0 Å². The van der Waals surface area contributed by atoms with E-state index in [1.807, 2.05) is 23.2 Å². The highest BCUT2D eigenvalue weighted by Gasteiger charge is 2.22. The molecular formula is C17H26N4O2. The summed E-state index contributed by atoms with van der Waals surface area (Å²) in [5.41, 5.74) is 1.02. The summed E-state index contributed by atoms with van der Waals surface area (Å²) < 4.78 is 0. The molecule has 2 fully saturated rings. The molecule has 0 unspecified atom stereocenters. The minimum atomic E-state index is -0.0231. The maximum Gasteiger partial charge on any atom is 0.317 e. The van der Waals surface area contributed by atoms with E-state index >= 15 is 0 Å². The standard InChI is InChI=1S/C17H26N4O2/c22-13-14-5-9-21(10-6-14)17(23)19-12-15-3-4-16(18-11-15)20-7-1-2-8-20/h3-4,11,14,22H,1-2,5-10,12-13H2,(H,19,23). The third kappa shape index (κ3) is 4.13. The zero-order chi connectivity index (χ0) is 16.1. The van der Waals surface area contributed by atoms with E-state index in [-0.39, 0.29) is 12.6 Å². The molecule has 0 saturated carbocycles. The summed E-state index contributed by atoms with van der Waals surface area (Å²) in [6.07, 6.45) is 6.11. The van der Waals surface area contributed by atoms with Gasteiger partial charge in [0.05, 0.1) is 0 Å². The Bertz CT molecular complexity index is 506. The van der Waals surface area contributed by atoms with Gasteiger partial charge in [0.15, 0.2) is 0 Å². The summed E-state index contributed by atoms with van der Waals surface area (Å²) in [5, 5.41) is 12.1. The molecule has 0 bridgehead atoms. The molecule has 0 radical (unpaired) electrons. The number of carbonyl (C=O) groups excluding carboxylic acids is 1. The molecule has 2 N–H and O–H groups in total. The van der Waals surface area contributed by atoms with Crippen molar-refractivity contribution in [2.24, 2.45) is 5.92 Å². The predicted molar refractivity (Wildman–Crippen MR) is 89.3 cm³/mol. The van der Waals surface area contributed by atoms with Crippen LogP contribution in [0, 0.1) is 5.92 Å². The second kappa shape index (κ2) is 7.64. The van der Waals surface area contributed by atoms with Crippen LogP contribution < -0.4 is 10.2 Å². The molecule has 2 aliphatic rings. The average molecular weight is 318 g/mol. The molecule has 3 heterocycles. The molecule has 0 atom stereocenters. The maximum absolute atomic E-state index is 12.2. The van der Waals surface area contributed by atoms with Gasteiger partial charge in [0.2, 0.25) is 0 Å². The second-order valence-electron chi connectivity index (χ2n) is 6.49. The van der Waals surface area contributed by atoms with Crippen LogP contribution in [0.2, 0.25) is 0 Å². The van der Waals surface area contributed by atoms with Gasteiger partial charge < -0.3 is 20.2 Å². The van der Waals surface area contributed by atoms with Crippen LogP contribution >= 0.6 is 0 Å². The van der Waals surface area contributed by atoms with Crippen molar-refractivity contribution in [3.8, 4) is 0 Å². The second-order valence-corrected chi connectivity index (χ2v) is 6.49. The Morgan fingerprint density at radius 1 is 1.22 bits per heavy atom. The van der Waals surface area contributed by atoms with Crippen molar-refractivity contribution >= 4 is 11.8 Å². The third-order valence-electron chi connectivity index (χ3n) is 4.84. The number of hydrogen-bond acceptors (Lipinski definition) is 4. The number of nitrogens with one attached hydrogen (secondary N) is 1. The molecule has 126 valence electrons. The number of hydrogen-bond donors (Lipinski definition) is 2. The highest BCUT2D eigenvalue weighted by atomic mass is 16.3. The van der Waals surface area contributed by atoms with E-state index in [2.05, 4.69) is 15.2 Å². The summed E-state index contributed by atoms with van der Waals surface area (Å²) in [6.45, 7) is 4.36. The van der Waals surface area contributed by atoms with Crippen molar-refractivity contribution in [2.75, 3.05) is 37.7 Å². The van der Waals surface area contributed by atoms with Crippen molar-refractivity contribution < 1.29 is 9.90 Å². The molecule has 1 aromatic heterocycles. The third-order valence-corrected chi connectivity index (χ3v) is 4.84. The highest BCUT2D eigenvalue weighted by molar-refractivity contribution is 5.74. The first-order chi connectivity index (χ1) is 11.3. The molecular weight excluding hydrogens is 292 g/mol. The van der Waals surface area contributed by atoms with Gasteiger partial charge in [-0.2, -0.15) is 0 Å². The van der Waals surface area contributed by atoms with Crippen molar-refractivity contribution in [1.82, 2.24) is 15.2 Å². The van der Waals surface area contributed by atoms with Gasteiger partial charge in [0.1, 0.15) is 5.82 Å². The number of likely N-dealkylation sites (tertiary alicyclic amines) is 1. The first-order valence-electron chi connectivity index (χ1n) is 8.60. The number of rotatable bonds is 4. The van der Waals surface area contributed by atoms with E-state index in [9.17, 15) is 4.79 Å². The fourth-order valence-electron chi connectivity index (χ4n) is 3.26. The smallest absolute Gasteiger partial charge is 0.317 e. The molecule has 0 aromatic carbocycles. The number of pyridine rings is 1. The number of amides is 2. The fraction of sp³-hybridized carbons (Fsp3) is 0.647. The largest absolute Gasteiger partial charge is 0.396 e. The average Bonchev–Trinajstić information content (AvgIpc) is 3.15. The summed E-state index contributed by atoms with van der Waals surface area (Å²) >= 11 is 0. The minimum absolute atomic E-state index is 0.0231. The lowest BCUT2D eigenvalue weighted by molar-refractivity contribution is 0.137. The minimum Gasteiger partial charge on any atom is -0.396 e. The maximum atomic E-state index is 12.2. The lowest BCUT2D eigenvalue weighted by Crippen LogP contribution is -2.44. The molecule has 2 amide bonds. The van der Waals surface area contributed by atoms with Crippen LogP contribution in [0.15, 0.2) is 18.3 Å². The van der Waals surface area contributed by atoms with Gasteiger partial charge in [-0.25, -0.2) is 9.78 Å². The number of aliphatic hydroxyl groups excluding tert-OH is 1. The van der Waals surface area contributed by atoms with Crippen molar-refractivity contribution in [3.63, 3.8) is 0 Å². The predicted octanol–water partition coefficient (Wildman–Crippen LogP) is 1.60. The van der Waals surface area contributed by atoms with Crippen LogP contribution in [0.1, 0.15) is 31.2 Å². The van der Waals surface area contributed by atoms with E-state index in [0.29, 0.717) is 12.5 Å². The summed E-state index contributed by atoms with van der Waals surface area (Å²) in [4.78, 5) is 20.8. The number of nitrogens with zero attached hydrogens (tertiary/aromatic N) is 3. The van der Waals surface area contributed by atoms with E-state index < -0.39 is 0 Å². The first kappa shape index (κ1) is 16.1. The van der Waals surface area contributed by atoms with Crippen LogP contribution in [-0.4, -0.2) is 53.8 Å². The number of aliphatic hydroxyl groups is 1. The Kier molecular flexibility index (Phi) is 5.33. The Labute approximate surface area is 137 Å².